The third kappa shape index (κ3) is 2.67. The molecule has 18 heavy (non-hydrogen) atoms. The second kappa shape index (κ2) is 4.77. The number of hydrogen-bond acceptors (Lipinski definition) is 6. The summed E-state index contributed by atoms with van der Waals surface area (Å²) >= 11 is 0. The number of rotatable bonds is 5. The van der Waals surface area contributed by atoms with Gasteiger partial charge in [-0.15, -0.1) is 0 Å². The third-order valence-corrected chi connectivity index (χ3v) is 2.77. The predicted molar refractivity (Wildman–Crippen MR) is 67.3 cm³/mol. The Morgan fingerprint density at radius 3 is 2.89 bits per heavy atom. The van der Waals surface area contributed by atoms with E-state index in [1.54, 1.807) is 7.11 Å². The lowest BCUT2D eigenvalue weighted by Crippen LogP contribution is -2.25. The van der Waals surface area contributed by atoms with Crippen molar-refractivity contribution in [1.82, 2.24) is 19.9 Å². The number of methoxy groups -OCH3 is 1. The van der Waals surface area contributed by atoms with Gasteiger partial charge >= 0.3 is 0 Å². The Bertz CT molecular complexity index is 537. The summed E-state index contributed by atoms with van der Waals surface area (Å²) in [5, 5.41) is 0. The Morgan fingerprint density at radius 1 is 1.39 bits per heavy atom. The molecule has 0 amide bonds. The first-order valence-electron chi connectivity index (χ1n) is 5.66. The van der Waals surface area contributed by atoms with E-state index in [0.717, 1.165) is 6.42 Å². The fourth-order valence-corrected chi connectivity index (χ4v) is 1.42. The zero-order chi connectivity index (χ0) is 13.2. The Hall–Kier alpha value is -1.89. The van der Waals surface area contributed by atoms with Crippen molar-refractivity contribution < 1.29 is 9.47 Å². The molecule has 0 bridgehead atoms. The van der Waals surface area contributed by atoms with Crippen LogP contribution in [0.15, 0.2) is 6.33 Å². The van der Waals surface area contributed by atoms with Gasteiger partial charge in [0.05, 0.1) is 18.5 Å². The maximum Gasteiger partial charge on any atom is 0.245 e. The first-order chi connectivity index (χ1) is 8.52. The van der Waals surface area contributed by atoms with Crippen LogP contribution in [0.2, 0.25) is 0 Å². The first kappa shape index (κ1) is 12.6. The lowest BCUT2D eigenvalue weighted by Gasteiger charge is -2.22. The van der Waals surface area contributed by atoms with Crippen molar-refractivity contribution in [3.63, 3.8) is 0 Å². The molecule has 2 aromatic rings. The van der Waals surface area contributed by atoms with Crippen LogP contribution in [0.4, 0.5) is 5.95 Å². The van der Waals surface area contributed by atoms with E-state index in [1.807, 2.05) is 13.8 Å². The Morgan fingerprint density at radius 2 is 2.17 bits per heavy atom. The van der Waals surface area contributed by atoms with Gasteiger partial charge in [-0.1, -0.05) is 0 Å². The zero-order valence-corrected chi connectivity index (χ0v) is 10.7. The molecule has 3 N–H and O–H groups in total. The van der Waals surface area contributed by atoms with Gasteiger partial charge in [-0.25, -0.2) is 4.98 Å². The summed E-state index contributed by atoms with van der Waals surface area (Å²) in [6.45, 7) is 4.47. The molecule has 0 saturated heterocycles. The van der Waals surface area contributed by atoms with Crippen molar-refractivity contribution in [2.75, 3.05) is 19.5 Å². The number of H-pyrrole nitrogens is 1. The van der Waals surface area contributed by atoms with Crippen LogP contribution in [0, 0.1) is 0 Å². The minimum absolute atomic E-state index is 0.149. The average molecular weight is 251 g/mol. The molecule has 0 spiro atoms. The largest absolute Gasteiger partial charge is 0.476 e. The van der Waals surface area contributed by atoms with Gasteiger partial charge in [0.25, 0.3) is 0 Å². The zero-order valence-electron chi connectivity index (χ0n) is 10.7. The highest BCUT2D eigenvalue weighted by atomic mass is 16.5. The fraction of sp³-hybridized carbons (Fsp3) is 0.545. The van der Waals surface area contributed by atoms with Crippen LogP contribution >= 0.6 is 0 Å². The molecule has 2 aromatic heterocycles. The Kier molecular flexibility index (Phi) is 3.33. The highest BCUT2D eigenvalue weighted by Gasteiger charge is 2.17. The number of nitrogens with two attached hydrogens (primary N) is 1. The van der Waals surface area contributed by atoms with E-state index in [0.29, 0.717) is 23.7 Å². The van der Waals surface area contributed by atoms with E-state index in [1.165, 1.54) is 6.33 Å². The number of nitrogens with one attached hydrogen (secondary N) is 1. The van der Waals surface area contributed by atoms with Crippen LogP contribution in [0.1, 0.15) is 20.3 Å². The molecule has 98 valence electrons. The van der Waals surface area contributed by atoms with Crippen LogP contribution in [-0.2, 0) is 4.74 Å². The number of aromatic amines is 1. The molecule has 0 radical (unpaired) electrons. The molecular weight excluding hydrogens is 234 g/mol. The monoisotopic (exact) mass is 251 g/mol. The van der Waals surface area contributed by atoms with Gasteiger partial charge < -0.3 is 20.2 Å². The summed E-state index contributed by atoms with van der Waals surface area (Å²) in [4.78, 5) is 15.0. The number of anilines is 1. The van der Waals surface area contributed by atoms with Gasteiger partial charge in [-0.3, -0.25) is 0 Å². The molecule has 7 heteroatoms. The number of nitrogens with zero attached hydrogens (tertiary/aromatic N) is 3. The number of hydrogen-bond donors (Lipinski definition) is 2. The lowest BCUT2D eigenvalue weighted by atomic mass is 10.1. The lowest BCUT2D eigenvalue weighted by molar-refractivity contribution is 0.00522. The average Bonchev–Trinajstić information content (AvgIpc) is 2.76. The number of fused-ring (bicyclic) bond motifs is 1. The van der Waals surface area contributed by atoms with Crippen molar-refractivity contribution in [3.05, 3.63) is 6.33 Å². The van der Waals surface area contributed by atoms with Crippen molar-refractivity contribution >= 4 is 17.1 Å². The van der Waals surface area contributed by atoms with Crippen LogP contribution in [0.25, 0.3) is 11.2 Å². The van der Waals surface area contributed by atoms with E-state index in [9.17, 15) is 0 Å². The topological polar surface area (TPSA) is 98.9 Å². The SMILES string of the molecule is COC(C)(C)CCOc1nc(N)nc2nc[nH]c12. The highest BCUT2D eigenvalue weighted by Crippen LogP contribution is 2.21. The number of nitrogen functional groups attached to an aromatic ring is 1. The minimum Gasteiger partial charge on any atom is -0.476 e. The van der Waals surface area contributed by atoms with Crippen LogP contribution in [-0.4, -0.2) is 39.3 Å². The number of aromatic nitrogens is 4. The van der Waals surface area contributed by atoms with Crippen molar-refractivity contribution in [1.29, 1.82) is 0 Å². The van der Waals surface area contributed by atoms with E-state index >= 15 is 0 Å². The molecule has 0 aliphatic heterocycles. The van der Waals surface area contributed by atoms with Gasteiger partial charge in [0, 0.05) is 13.5 Å². The molecule has 0 aliphatic carbocycles. The summed E-state index contributed by atoms with van der Waals surface area (Å²) in [7, 11) is 1.68. The number of imidazole rings is 1. The van der Waals surface area contributed by atoms with Gasteiger partial charge in [0.2, 0.25) is 11.8 Å². The van der Waals surface area contributed by atoms with Gasteiger partial charge in [0.15, 0.2) is 5.65 Å². The predicted octanol–water partition coefficient (Wildman–Crippen LogP) is 1.13. The first-order valence-corrected chi connectivity index (χ1v) is 5.66. The molecular formula is C11H17N5O2. The molecule has 0 fully saturated rings. The molecule has 0 atom stereocenters. The highest BCUT2D eigenvalue weighted by molar-refractivity contribution is 5.76. The molecule has 0 saturated carbocycles. The summed E-state index contributed by atoms with van der Waals surface area (Å²) in [6, 6.07) is 0. The molecule has 2 heterocycles. The second-order valence-corrected chi connectivity index (χ2v) is 4.55. The minimum atomic E-state index is -0.230. The summed E-state index contributed by atoms with van der Waals surface area (Å²) in [5.41, 5.74) is 6.51. The van der Waals surface area contributed by atoms with Gasteiger partial charge in [-0.2, -0.15) is 9.97 Å². The maximum absolute atomic E-state index is 5.61. The van der Waals surface area contributed by atoms with Crippen LogP contribution in [0.5, 0.6) is 5.88 Å². The Labute approximate surface area is 105 Å². The standard InChI is InChI=1S/C11H17N5O2/c1-11(2,17-3)4-5-18-9-7-8(14-6-13-7)15-10(12)16-9/h6H,4-5H2,1-3H3,(H3,12,13,14,15,16). The second-order valence-electron chi connectivity index (χ2n) is 4.55. The van der Waals surface area contributed by atoms with E-state index in [4.69, 9.17) is 15.2 Å². The van der Waals surface area contributed by atoms with Crippen molar-refractivity contribution in [3.8, 4) is 5.88 Å². The van der Waals surface area contributed by atoms with E-state index < -0.39 is 0 Å². The maximum atomic E-state index is 5.61. The van der Waals surface area contributed by atoms with E-state index in [2.05, 4.69) is 19.9 Å². The molecule has 7 nitrogen and oxygen atoms in total. The number of ether oxygens (including phenoxy) is 2. The van der Waals surface area contributed by atoms with Crippen molar-refractivity contribution in [2.45, 2.75) is 25.9 Å². The summed E-state index contributed by atoms with van der Waals surface area (Å²) in [5.74, 6) is 0.567. The summed E-state index contributed by atoms with van der Waals surface area (Å²) < 4.78 is 10.9. The fourth-order valence-electron chi connectivity index (χ4n) is 1.42. The smallest absolute Gasteiger partial charge is 0.245 e. The Balaban J connectivity index is 2.10. The van der Waals surface area contributed by atoms with Crippen molar-refractivity contribution in [2.24, 2.45) is 0 Å². The quantitative estimate of drug-likeness (QED) is 0.826. The summed E-state index contributed by atoms with van der Waals surface area (Å²) in [6.07, 6.45) is 2.27. The molecule has 0 unspecified atom stereocenters. The normalized spacial score (nSPS) is 11.9. The van der Waals surface area contributed by atoms with Crippen LogP contribution in [0.3, 0.4) is 0 Å². The van der Waals surface area contributed by atoms with Crippen LogP contribution < -0.4 is 10.5 Å². The van der Waals surface area contributed by atoms with E-state index in [-0.39, 0.29) is 11.5 Å². The molecule has 0 aliphatic rings. The molecule has 0 aromatic carbocycles. The molecule has 2 rings (SSSR count). The van der Waals surface area contributed by atoms with Gasteiger partial charge in [-0.05, 0) is 13.8 Å². The third-order valence-electron chi connectivity index (χ3n) is 2.77. The van der Waals surface area contributed by atoms with Gasteiger partial charge in [0.1, 0.15) is 5.52 Å².